The maximum atomic E-state index is 13.2. The molecule has 0 saturated heterocycles. The van der Waals surface area contributed by atoms with Crippen LogP contribution in [0.1, 0.15) is 47.6 Å². The first kappa shape index (κ1) is 24.5. The van der Waals surface area contributed by atoms with Crippen molar-refractivity contribution in [3.63, 3.8) is 0 Å². The molecule has 3 heterocycles. The maximum absolute atomic E-state index is 13.2. The minimum absolute atomic E-state index is 0.0736. The third-order valence-electron chi connectivity index (χ3n) is 6.04. The Morgan fingerprint density at radius 3 is 2.68 bits per heavy atom. The molecule has 0 spiro atoms. The number of carbonyl (C=O) groups excluding carboxylic acids is 1. The monoisotopic (exact) mass is 526 g/mol. The fourth-order valence-corrected chi connectivity index (χ4v) is 4.19. The number of hydrogen-bond donors (Lipinski definition) is 1. The molecular weight excluding hydrogens is 509 g/mol. The largest absolute Gasteiger partial charge is 0.573 e. The van der Waals surface area contributed by atoms with Gasteiger partial charge in [0, 0.05) is 18.0 Å². The summed E-state index contributed by atoms with van der Waals surface area (Å²) in [6, 6.07) is 11.8. The number of benzene rings is 1. The Labute approximate surface area is 213 Å². The molecule has 1 fully saturated rings. The third-order valence-corrected chi connectivity index (χ3v) is 6.26. The predicted molar refractivity (Wildman–Crippen MR) is 127 cm³/mol. The standard InChI is InChI=1S/C25H18ClF3N6O2/c1-14(21-34-19-3-2-8-31-22(19)35(21)20-5-4-17(26)12-32-20)33-23(36)15-9-16(24(13-30)6-7-24)11-18(10-15)37-25(27,28)29/h2-5,8-12,14H,6-7H2,1H3,(H,33,36). The van der Waals surface area contributed by atoms with Crippen LogP contribution >= 0.6 is 11.6 Å². The van der Waals surface area contributed by atoms with Crippen LogP contribution in [0.2, 0.25) is 5.02 Å². The van der Waals surface area contributed by atoms with E-state index < -0.39 is 29.5 Å². The second-order valence-electron chi connectivity index (χ2n) is 8.67. The number of nitrogens with one attached hydrogen (secondary N) is 1. The highest BCUT2D eigenvalue weighted by Gasteiger charge is 2.46. The fraction of sp³-hybridized carbons (Fsp3) is 0.240. The Morgan fingerprint density at radius 2 is 2.03 bits per heavy atom. The molecule has 0 bridgehead atoms. The van der Waals surface area contributed by atoms with Gasteiger partial charge in [0.05, 0.1) is 22.5 Å². The molecule has 5 rings (SSSR count). The first-order chi connectivity index (χ1) is 17.6. The molecule has 1 aromatic carbocycles. The number of alkyl halides is 3. The highest BCUT2D eigenvalue weighted by molar-refractivity contribution is 6.30. The van der Waals surface area contributed by atoms with Crippen molar-refractivity contribution in [2.45, 2.75) is 37.6 Å². The molecule has 1 aliphatic carbocycles. The lowest BCUT2D eigenvalue weighted by atomic mass is 9.95. The Morgan fingerprint density at radius 1 is 1.24 bits per heavy atom. The van der Waals surface area contributed by atoms with Crippen LogP contribution in [-0.4, -0.2) is 31.8 Å². The first-order valence-corrected chi connectivity index (χ1v) is 11.6. The molecule has 8 nitrogen and oxygen atoms in total. The van der Waals surface area contributed by atoms with Gasteiger partial charge in [0.2, 0.25) is 0 Å². The highest BCUT2D eigenvalue weighted by atomic mass is 35.5. The summed E-state index contributed by atoms with van der Waals surface area (Å²) in [5.41, 5.74) is 0.363. The molecule has 1 N–H and O–H groups in total. The molecule has 1 amide bonds. The Balaban J connectivity index is 1.50. The van der Waals surface area contributed by atoms with E-state index >= 15 is 0 Å². The van der Waals surface area contributed by atoms with Crippen molar-refractivity contribution in [1.29, 1.82) is 5.26 Å². The smallest absolute Gasteiger partial charge is 0.406 e. The number of halogens is 4. The van der Waals surface area contributed by atoms with Crippen molar-refractivity contribution < 1.29 is 22.7 Å². The molecular formula is C25H18ClF3N6O2. The average Bonchev–Trinajstić information content (AvgIpc) is 3.57. The lowest BCUT2D eigenvalue weighted by Gasteiger charge is -2.18. The number of fused-ring (bicyclic) bond motifs is 1. The van der Waals surface area contributed by atoms with Crippen LogP contribution in [0.3, 0.4) is 0 Å². The Kier molecular flexibility index (Phi) is 6.00. The molecule has 4 aromatic rings. The quantitative estimate of drug-likeness (QED) is 0.360. The molecule has 1 saturated carbocycles. The Hall–Kier alpha value is -4.17. The third kappa shape index (κ3) is 4.93. The number of hydrogen-bond acceptors (Lipinski definition) is 6. The number of ether oxygens (including phenoxy) is 1. The second kappa shape index (κ2) is 9.05. The molecule has 1 unspecified atom stereocenters. The highest BCUT2D eigenvalue weighted by Crippen LogP contribution is 2.48. The van der Waals surface area contributed by atoms with Crippen molar-refractivity contribution in [3.8, 4) is 17.6 Å². The molecule has 3 aromatic heterocycles. The number of nitrogens with zero attached hydrogens (tertiary/aromatic N) is 5. The van der Waals surface area contributed by atoms with Gasteiger partial charge < -0.3 is 10.1 Å². The summed E-state index contributed by atoms with van der Waals surface area (Å²) in [5, 5.41) is 12.8. The zero-order valence-corrected chi connectivity index (χ0v) is 20.0. The number of pyridine rings is 2. The zero-order chi connectivity index (χ0) is 26.4. The van der Waals surface area contributed by atoms with E-state index in [1.807, 2.05) is 0 Å². The SMILES string of the molecule is CC(NC(=O)c1cc(OC(F)(F)F)cc(C2(C#N)CC2)c1)c1nc2cccnc2n1-c1ccc(Cl)cn1. The van der Waals surface area contributed by atoms with Gasteiger partial charge in [-0.3, -0.25) is 9.36 Å². The summed E-state index contributed by atoms with van der Waals surface area (Å²) in [6.45, 7) is 1.68. The van der Waals surface area contributed by atoms with Crippen molar-refractivity contribution in [1.82, 2.24) is 24.8 Å². The summed E-state index contributed by atoms with van der Waals surface area (Å²) in [5.74, 6) is -0.360. The average molecular weight is 527 g/mol. The molecule has 0 radical (unpaired) electrons. The van der Waals surface area contributed by atoms with Gasteiger partial charge in [-0.25, -0.2) is 15.0 Å². The number of rotatable bonds is 6. The predicted octanol–water partition coefficient (Wildman–Crippen LogP) is 5.41. The van der Waals surface area contributed by atoms with Gasteiger partial charge in [-0.2, -0.15) is 5.26 Å². The number of carbonyl (C=O) groups is 1. The maximum Gasteiger partial charge on any atom is 0.573 e. The van der Waals surface area contributed by atoms with Crippen LogP contribution in [-0.2, 0) is 5.41 Å². The van der Waals surface area contributed by atoms with Crippen LogP contribution in [0.15, 0.2) is 54.9 Å². The zero-order valence-electron chi connectivity index (χ0n) is 19.3. The Bertz CT molecular complexity index is 1540. The number of imidazole rings is 1. The van der Waals surface area contributed by atoms with E-state index in [-0.39, 0.29) is 5.56 Å². The molecule has 1 aliphatic rings. The van der Waals surface area contributed by atoms with Gasteiger partial charge in [0.15, 0.2) is 5.65 Å². The van der Waals surface area contributed by atoms with Gasteiger partial charge in [0.25, 0.3) is 5.91 Å². The minimum Gasteiger partial charge on any atom is -0.406 e. The van der Waals surface area contributed by atoms with Crippen LogP contribution in [0, 0.1) is 11.3 Å². The topological polar surface area (TPSA) is 106 Å². The van der Waals surface area contributed by atoms with Crippen molar-refractivity contribution in [2.24, 2.45) is 0 Å². The van der Waals surface area contributed by atoms with Crippen LogP contribution in [0.25, 0.3) is 17.0 Å². The molecule has 37 heavy (non-hydrogen) atoms. The fourth-order valence-electron chi connectivity index (χ4n) is 4.08. The first-order valence-electron chi connectivity index (χ1n) is 11.2. The van der Waals surface area contributed by atoms with E-state index in [1.54, 1.807) is 42.0 Å². The summed E-state index contributed by atoms with van der Waals surface area (Å²) in [4.78, 5) is 26.5. The van der Waals surface area contributed by atoms with Gasteiger partial charge >= 0.3 is 6.36 Å². The van der Waals surface area contributed by atoms with E-state index in [0.29, 0.717) is 46.2 Å². The van der Waals surface area contributed by atoms with Crippen LogP contribution in [0.5, 0.6) is 5.75 Å². The molecule has 1 atom stereocenters. The van der Waals surface area contributed by atoms with E-state index in [0.717, 1.165) is 12.1 Å². The molecule has 12 heteroatoms. The lowest BCUT2D eigenvalue weighted by Crippen LogP contribution is -2.29. The normalized spacial score (nSPS) is 15.1. The van der Waals surface area contributed by atoms with Crippen molar-refractivity contribution in [2.75, 3.05) is 0 Å². The minimum atomic E-state index is -4.95. The summed E-state index contributed by atoms with van der Waals surface area (Å²) < 4.78 is 44.6. The van der Waals surface area contributed by atoms with Gasteiger partial charge in [0.1, 0.15) is 22.9 Å². The van der Waals surface area contributed by atoms with E-state index in [1.165, 1.54) is 12.3 Å². The summed E-state index contributed by atoms with van der Waals surface area (Å²) >= 11 is 5.98. The number of nitriles is 1. The van der Waals surface area contributed by atoms with Gasteiger partial charge in [-0.05, 0) is 67.8 Å². The van der Waals surface area contributed by atoms with Crippen LogP contribution < -0.4 is 10.1 Å². The van der Waals surface area contributed by atoms with Crippen molar-refractivity contribution >= 4 is 28.7 Å². The van der Waals surface area contributed by atoms with E-state index in [2.05, 4.69) is 31.1 Å². The van der Waals surface area contributed by atoms with Crippen molar-refractivity contribution in [3.05, 3.63) is 76.8 Å². The summed E-state index contributed by atoms with van der Waals surface area (Å²) in [6.07, 6.45) is -0.912. The van der Waals surface area contributed by atoms with E-state index in [4.69, 9.17) is 11.6 Å². The number of amides is 1. The molecule has 0 aliphatic heterocycles. The second-order valence-corrected chi connectivity index (χ2v) is 9.11. The lowest BCUT2D eigenvalue weighted by molar-refractivity contribution is -0.274. The van der Waals surface area contributed by atoms with Crippen LogP contribution in [0.4, 0.5) is 13.2 Å². The summed E-state index contributed by atoms with van der Waals surface area (Å²) in [7, 11) is 0. The molecule has 188 valence electrons. The van der Waals surface area contributed by atoms with Gasteiger partial charge in [-0.1, -0.05) is 11.6 Å². The van der Waals surface area contributed by atoms with Gasteiger partial charge in [-0.15, -0.1) is 13.2 Å². The van der Waals surface area contributed by atoms with E-state index in [9.17, 15) is 23.2 Å². The number of aromatic nitrogens is 4.